The molecule has 2 aromatic carbocycles. The first kappa shape index (κ1) is 22.3. The normalized spacial score (nSPS) is 13.4. The van der Waals surface area contributed by atoms with E-state index in [-0.39, 0.29) is 24.0 Å². The lowest BCUT2D eigenvalue weighted by Gasteiger charge is -2.28. The largest absolute Gasteiger partial charge is 0.496 e. The number of nitrogens with zero attached hydrogens (tertiary/aromatic N) is 2. The highest BCUT2D eigenvalue weighted by molar-refractivity contribution is 14.0. The third kappa shape index (κ3) is 5.77. The summed E-state index contributed by atoms with van der Waals surface area (Å²) in [4.78, 5) is 6.67. The van der Waals surface area contributed by atoms with Crippen LogP contribution in [-0.4, -0.2) is 40.3 Å². The molecule has 0 saturated heterocycles. The van der Waals surface area contributed by atoms with Crippen LogP contribution in [0.15, 0.2) is 47.5 Å². The fraction of sp³-hybridized carbons (Fsp3) is 0.409. The SMILES string of the molecule is CN=C(NCCc1ccccc1OC)NCc1ccc2c(c1)CCCN2C.I. The molecule has 0 unspecified atom stereocenters. The van der Waals surface area contributed by atoms with Crippen LogP contribution < -0.4 is 20.3 Å². The molecule has 1 heterocycles. The van der Waals surface area contributed by atoms with E-state index in [1.807, 2.05) is 18.2 Å². The zero-order valence-electron chi connectivity index (χ0n) is 17.0. The van der Waals surface area contributed by atoms with Gasteiger partial charge in [-0.25, -0.2) is 0 Å². The van der Waals surface area contributed by atoms with Crippen LogP contribution in [0.2, 0.25) is 0 Å². The second-order valence-electron chi connectivity index (χ2n) is 6.90. The zero-order valence-corrected chi connectivity index (χ0v) is 19.3. The first-order valence-electron chi connectivity index (χ1n) is 9.60. The van der Waals surface area contributed by atoms with Gasteiger partial charge in [0.25, 0.3) is 0 Å². The smallest absolute Gasteiger partial charge is 0.191 e. The number of aliphatic imine (C=N–C) groups is 1. The molecule has 28 heavy (non-hydrogen) atoms. The van der Waals surface area contributed by atoms with Crippen LogP contribution in [0.25, 0.3) is 0 Å². The van der Waals surface area contributed by atoms with Crippen molar-refractivity contribution < 1.29 is 4.74 Å². The van der Waals surface area contributed by atoms with Crippen LogP contribution in [0.3, 0.4) is 0 Å². The molecule has 0 radical (unpaired) electrons. The van der Waals surface area contributed by atoms with Gasteiger partial charge < -0.3 is 20.3 Å². The summed E-state index contributed by atoms with van der Waals surface area (Å²) in [5.41, 5.74) is 5.30. The number of ether oxygens (including phenoxy) is 1. The standard InChI is InChI=1S/C22H30N4O.HI/c1-23-22(24-13-12-18-7-4-5-9-21(18)27-3)25-16-17-10-11-20-19(15-17)8-6-14-26(20)2;/h4-5,7,9-11,15H,6,8,12-14,16H2,1-3H3,(H2,23,24,25);1H. The molecule has 1 aliphatic rings. The molecule has 0 aromatic heterocycles. The number of benzene rings is 2. The number of aryl methyl sites for hydroxylation is 1. The summed E-state index contributed by atoms with van der Waals surface area (Å²) in [6.07, 6.45) is 3.28. The molecule has 2 aromatic rings. The van der Waals surface area contributed by atoms with E-state index < -0.39 is 0 Å². The zero-order chi connectivity index (χ0) is 19.1. The molecule has 0 fully saturated rings. The lowest BCUT2D eigenvalue weighted by atomic mass is 9.99. The van der Waals surface area contributed by atoms with Crippen LogP contribution in [0.5, 0.6) is 5.75 Å². The number of hydrogen-bond acceptors (Lipinski definition) is 3. The quantitative estimate of drug-likeness (QED) is 0.366. The van der Waals surface area contributed by atoms with Crippen molar-refractivity contribution in [3.8, 4) is 5.75 Å². The number of hydrogen-bond donors (Lipinski definition) is 2. The summed E-state index contributed by atoms with van der Waals surface area (Å²) in [5.74, 6) is 1.75. The highest BCUT2D eigenvalue weighted by Crippen LogP contribution is 2.26. The maximum absolute atomic E-state index is 5.41. The summed E-state index contributed by atoms with van der Waals surface area (Å²) in [7, 11) is 5.69. The average molecular weight is 494 g/mol. The van der Waals surface area contributed by atoms with E-state index in [0.29, 0.717) is 0 Å². The van der Waals surface area contributed by atoms with Gasteiger partial charge in [-0.15, -0.1) is 24.0 Å². The van der Waals surface area contributed by atoms with Crippen LogP contribution in [0, 0.1) is 0 Å². The molecule has 0 spiro atoms. The Bertz CT molecular complexity index is 794. The van der Waals surface area contributed by atoms with Gasteiger partial charge in [0.05, 0.1) is 7.11 Å². The first-order chi connectivity index (χ1) is 13.2. The molecule has 0 aliphatic carbocycles. The Morgan fingerprint density at radius 2 is 2.00 bits per heavy atom. The molecule has 1 aliphatic heterocycles. The van der Waals surface area contributed by atoms with E-state index in [0.717, 1.165) is 37.8 Å². The molecular weight excluding hydrogens is 463 g/mol. The van der Waals surface area contributed by atoms with Crippen LogP contribution in [-0.2, 0) is 19.4 Å². The van der Waals surface area contributed by atoms with Crippen molar-refractivity contribution in [2.45, 2.75) is 25.8 Å². The molecule has 0 amide bonds. The second kappa shape index (κ2) is 11.1. The topological polar surface area (TPSA) is 48.9 Å². The summed E-state index contributed by atoms with van der Waals surface area (Å²) in [6.45, 7) is 2.72. The fourth-order valence-electron chi connectivity index (χ4n) is 3.58. The first-order valence-corrected chi connectivity index (χ1v) is 9.60. The number of nitrogens with one attached hydrogen (secondary N) is 2. The number of rotatable bonds is 6. The minimum atomic E-state index is 0. The van der Waals surface area contributed by atoms with Crippen molar-refractivity contribution in [2.24, 2.45) is 4.99 Å². The van der Waals surface area contributed by atoms with Crippen molar-refractivity contribution in [3.05, 3.63) is 59.2 Å². The van der Waals surface area contributed by atoms with Crippen molar-refractivity contribution in [1.29, 1.82) is 0 Å². The van der Waals surface area contributed by atoms with Crippen LogP contribution in [0.4, 0.5) is 5.69 Å². The van der Waals surface area contributed by atoms with E-state index in [4.69, 9.17) is 4.74 Å². The van der Waals surface area contributed by atoms with E-state index in [9.17, 15) is 0 Å². The number of fused-ring (bicyclic) bond motifs is 1. The van der Waals surface area contributed by atoms with Gasteiger partial charge in [-0.2, -0.15) is 0 Å². The van der Waals surface area contributed by atoms with Crippen LogP contribution in [0.1, 0.15) is 23.1 Å². The van der Waals surface area contributed by atoms with Gasteiger partial charge in [-0.3, -0.25) is 4.99 Å². The lowest BCUT2D eigenvalue weighted by Crippen LogP contribution is -2.38. The van der Waals surface area contributed by atoms with E-state index in [1.165, 1.54) is 35.2 Å². The van der Waals surface area contributed by atoms with Crippen molar-refractivity contribution in [2.75, 3.05) is 39.2 Å². The predicted octanol–water partition coefficient (Wildman–Crippen LogP) is 3.60. The Morgan fingerprint density at radius 3 is 2.79 bits per heavy atom. The highest BCUT2D eigenvalue weighted by atomic mass is 127. The minimum Gasteiger partial charge on any atom is -0.496 e. The number of guanidine groups is 1. The van der Waals surface area contributed by atoms with Gasteiger partial charge in [0.2, 0.25) is 0 Å². The number of methoxy groups -OCH3 is 1. The summed E-state index contributed by atoms with van der Waals surface area (Å²) < 4.78 is 5.41. The van der Waals surface area contributed by atoms with Gasteiger partial charge >= 0.3 is 0 Å². The summed E-state index contributed by atoms with van der Waals surface area (Å²) in [6, 6.07) is 14.9. The van der Waals surface area contributed by atoms with Gasteiger partial charge in [0.1, 0.15) is 5.75 Å². The second-order valence-corrected chi connectivity index (χ2v) is 6.90. The lowest BCUT2D eigenvalue weighted by molar-refractivity contribution is 0.409. The summed E-state index contributed by atoms with van der Waals surface area (Å²) >= 11 is 0. The molecule has 0 atom stereocenters. The van der Waals surface area contributed by atoms with Crippen molar-refractivity contribution >= 4 is 35.6 Å². The summed E-state index contributed by atoms with van der Waals surface area (Å²) in [5, 5.41) is 6.80. The average Bonchev–Trinajstić information content (AvgIpc) is 2.71. The third-order valence-corrected chi connectivity index (χ3v) is 5.06. The highest BCUT2D eigenvalue weighted by Gasteiger charge is 2.13. The monoisotopic (exact) mass is 494 g/mol. The fourth-order valence-corrected chi connectivity index (χ4v) is 3.58. The van der Waals surface area contributed by atoms with E-state index in [1.54, 1.807) is 14.2 Å². The molecule has 152 valence electrons. The van der Waals surface area contributed by atoms with E-state index in [2.05, 4.69) is 51.8 Å². The Balaban J connectivity index is 0.00000280. The van der Waals surface area contributed by atoms with Crippen LogP contribution >= 0.6 is 24.0 Å². The Kier molecular flexibility index (Phi) is 8.89. The van der Waals surface area contributed by atoms with Gasteiger partial charge in [0, 0.05) is 39.4 Å². The van der Waals surface area contributed by atoms with Gasteiger partial charge in [-0.1, -0.05) is 30.3 Å². The molecular formula is C22H31IN4O. The number of halogens is 1. The van der Waals surface area contributed by atoms with Gasteiger partial charge in [-0.05, 0) is 48.1 Å². The van der Waals surface area contributed by atoms with Crippen molar-refractivity contribution in [1.82, 2.24) is 10.6 Å². The maximum atomic E-state index is 5.41. The number of anilines is 1. The Morgan fingerprint density at radius 1 is 1.18 bits per heavy atom. The van der Waals surface area contributed by atoms with Gasteiger partial charge in [0.15, 0.2) is 5.96 Å². The molecule has 6 heteroatoms. The van der Waals surface area contributed by atoms with E-state index >= 15 is 0 Å². The Hall–Kier alpha value is -1.96. The molecule has 3 rings (SSSR count). The molecule has 2 N–H and O–H groups in total. The minimum absolute atomic E-state index is 0. The Labute approximate surface area is 185 Å². The number of para-hydroxylation sites is 1. The van der Waals surface area contributed by atoms with Crippen molar-refractivity contribution in [3.63, 3.8) is 0 Å². The maximum Gasteiger partial charge on any atom is 0.191 e. The predicted molar refractivity (Wildman–Crippen MR) is 128 cm³/mol. The molecule has 0 saturated carbocycles. The molecule has 0 bridgehead atoms. The third-order valence-electron chi connectivity index (χ3n) is 5.06. The molecule has 5 nitrogen and oxygen atoms in total.